The first-order chi connectivity index (χ1) is 15.5. The first-order valence-electron chi connectivity index (χ1n) is 10.4. The number of methoxy groups -OCH3 is 1. The summed E-state index contributed by atoms with van der Waals surface area (Å²) in [6, 6.07) is 11.1. The van der Waals surface area contributed by atoms with Gasteiger partial charge in [0.05, 0.1) is 12.6 Å². The number of para-hydroxylation sites is 2. The lowest BCUT2D eigenvalue weighted by Crippen LogP contribution is -2.54. The van der Waals surface area contributed by atoms with Gasteiger partial charge in [-0.15, -0.1) is 9.24 Å². The molecule has 0 aliphatic carbocycles. The van der Waals surface area contributed by atoms with Crippen molar-refractivity contribution in [2.24, 2.45) is 0 Å². The molecule has 2 unspecified atom stereocenters. The first kappa shape index (κ1) is 20.6. The Labute approximate surface area is 187 Å². The van der Waals surface area contributed by atoms with Crippen LogP contribution >= 0.6 is 9.24 Å². The van der Waals surface area contributed by atoms with Gasteiger partial charge in [-0.05, 0) is 24.3 Å². The summed E-state index contributed by atoms with van der Waals surface area (Å²) in [5.74, 6) is 2.87. The molecule has 2 N–H and O–H groups in total. The van der Waals surface area contributed by atoms with Crippen molar-refractivity contribution < 1.29 is 19.0 Å². The molecule has 5 rings (SSSR count). The topological polar surface area (TPSA) is 103 Å². The van der Waals surface area contributed by atoms with Crippen LogP contribution in [0.5, 0.6) is 17.2 Å². The summed E-state index contributed by atoms with van der Waals surface area (Å²) >= 11 is 0. The molecule has 1 saturated heterocycles. The number of nitrogens with two attached hydrogens (primary N) is 1. The highest BCUT2D eigenvalue weighted by Crippen LogP contribution is 2.31. The number of fused-ring (bicyclic) bond motifs is 2. The highest BCUT2D eigenvalue weighted by molar-refractivity contribution is 7.27. The molecule has 2 aliphatic rings. The Morgan fingerprint density at radius 1 is 1.16 bits per heavy atom. The average molecular weight is 453 g/mol. The minimum absolute atomic E-state index is 0.0714. The third-order valence-electron chi connectivity index (χ3n) is 5.72. The predicted octanol–water partition coefficient (Wildman–Crippen LogP) is 1.21. The number of anilines is 2. The van der Waals surface area contributed by atoms with Gasteiger partial charge in [0.1, 0.15) is 18.2 Å². The zero-order valence-corrected chi connectivity index (χ0v) is 18.8. The van der Waals surface area contributed by atoms with Crippen molar-refractivity contribution >= 4 is 43.1 Å². The highest BCUT2D eigenvalue weighted by atomic mass is 31.0. The second-order valence-electron chi connectivity index (χ2n) is 7.70. The largest absolute Gasteiger partial charge is 0.496 e. The maximum Gasteiger partial charge on any atom is 0.267 e. The summed E-state index contributed by atoms with van der Waals surface area (Å²) < 4.78 is 16.9. The molecule has 2 aromatic carbocycles. The molecule has 9 nitrogen and oxygen atoms in total. The van der Waals surface area contributed by atoms with Crippen molar-refractivity contribution in [2.75, 3.05) is 50.5 Å². The Kier molecular flexibility index (Phi) is 5.35. The molecule has 1 amide bonds. The number of hydrogen-bond acceptors (Lipinski definition) is 8. The Balaban J connectivity index is 1.27. The van der Waals surface area contributed by atoms with E-state index in [0.29, 0.717) is 55.2 Å². The molecule has 32 heavy (non-hydrogen) atoms. The number of piperazine rings is 1. The van der Waals surface area contributed by atoms with Crippen LogP contribution in [0.4, 0.5) is 11.8 Å². The van der Waals surface area contributed by atoms with E-state index in [1.54, 1.807) is 12.0 Å². The van der Waals surface area contributed by atoms with Crippen molar-refractivity contribution in [3.63, 3.8) is 0 Å². The van der Waals surface area contributed by atoms with Crippen molar-refractivity contribution in [1.82, 2.24) is 14.9 Å². The van der Waals surface area contributed by atoms with Crippen molar-refractivity contribution in [1.29, 1.82) is 0 Å². The predicted molar refractivity (Wildman–Crippen MR) is 125 cm³/mol. The van der Waals surface area contributed by atoms with Crippen LogP contribution in [0.25, 0.3) is 10.9 Å². The number of ether oxygens (including phenoxy) is 3. The Morgan fingerprint density at radius 2 is 1.91 bits per heavy atom. The molecule has 3 aromatic rings. The Bertz CT molecular complexity index is 1180. The maximum absolute atomic E-state index is 13.0. The fourth-order valence-electron chi connectivity index (χ4n) is 3.97. The van der Waals surface area contributed by atoms with E-state index in [0.717, 1.165) is 16.2 Å². The van der Waals surface area contributed by atoms with Gasteiger partial charge in [0.15, 0.2) is 11.5 Å². The number of rotatable bonds is 3. The number of amides is 1. The molecular formula is C22H24N5O4P. The zero-order valence-electron chi connectivity index (χ0n) is 17.7. The quantitative estimate of drug-likeness (QED) is 0.591. The average Bonchev–Trinajstić information content (AvgIpc) is 2.83. The lowest BCUT2D eigenvalue weighted by molar-refractivity contribution is -0.141. The number of nitrogen functional groups attached to an aromatic ring is 1. The second-order valence-corrected chi connectivity index (χ2v) is 8.32. The molecular weight excluding hydrogens is 429 g/mol. The zero-order chi connectivity index (χ0) is 22.2. The SMILES string of the molecule is COc1cc2c(N)nc(N3CCN(C(=O)C4COc5ccccc5O4)CC3)nc2cc1P. The first-order valence-corrected chi connectivity index (χ1v) is 10.9. The fourth-order valence-corrected chi connectivity index (χ4v) is 4.33. The fraction of sp³-hybridized carbons (Fsp3) is 0.318. The van der Waals surface area contributed by atoms with Gasteiger partial charge >= 0.3 is 0 Å². The van der Waals surface area contributed by atoms with Crippen LogP contribution in [0.2, 0.25) is 0 Å². The summed E-state index contributed by atoms with van der Waals surface area (Å²) in [6.45, 7) is 2.49. The van der Waals surface area contributed by atoms with Gasteiger partial charge in [0.25, 0.3) is 5.91 Å². The van der Waals surface area contributed by atoms with Gasteiger partial charge in [0, 0.05) is 36.9 Å². The summed E-state index contributed by atoms with van der Waals surface area (Å²) in [5.41, 5.74) is 6.97. The van der Waals surface area contributed by atoms with Crippen LogP contribution in [0.15, 0.2) is 36.4 Å². The number of aromatic nitrogens is 2. The lowest BCUT2D eigenvalue weighted by atomic mass is 10.2. The summed E-state index contributed by atoms with van der Waals surface area (Å²) in [6.07, 6.45) is -0.639. The molecule has 10 heteroatoms. The lowest BCUT2D eigenvalue weighted by Gasteiger charge is -2.37. The molecule has 2 atom stereocenters. The van der Waals surface area contributed by atoms with Crippen molar-refractivity contribution in [2.45, 2.75) is 6.10 Å². The highest BCUT2D eigenvalue weighted by Gasteiger charge is 2.33. The number of carbonyl (C=O) groups is 1. The van der Waals surface area contributed by atoms with Crippen LogP contribution in [0, 0.1) is 0 Å². The van der Waals surface area contributed by atoms with E-state index in [1.165, 1.54) is 0 Å². The smallest absolute Gasteiger partial charge is 0.267 e. The minimum Gasteiger partial charge on any atom is -0.496 e. The van der Waals surface area contributed by atoms with E-state index < -0.39 is 6.10 Å². The Morgan fingerprint density at radius 3 is 2.66 bits per heavy atom. The molecule has 1 fully saturated rings. The molecule has 0 spiro atoms. The third kappa shape index (κ3) is 3.73. The second kappa shape index (κ2) is 8.31. The number of benzene rings is 2. The van der Waals surface area contributed by atoms with Crippen LogP contribution in [0.1, 0.15) is 0 Å². The standard InChI is InChI=1S/C22H24N5O4P/c1-29-17-10-13-14(11-19(17)32)24-22(25-20(13)23)27-8-6-26(7-9-27)21(28)18-12-30-15-4-2-3-5-16(15)31-18/h2-5,10-11,18H,6-9,12,32H2,1H3,(H2,23,24,25). The normalized spacial score (nSPS) is 18.0. The van der Waals surface area contributed by atoms with E-state index in [2.05, 4.69) is 14.2 Å². The van der Waals surface area contributed by atoms with Crippen molar-refractivity contribution in [3.05, 3.63) is 36.4 Å². The molecule has 166 valence electrons. The maximum atomic E-state index is 13.0. The van der Waals surface area contributed by atoms with Gasteiger partial charge in [-0.3, -0.25) is 4.79 Å². The number of carbonyl (C=O) groups excluding carboxylic acids is 1. The van der Waals surface area contributed by atoms with Crippen LogP contribution in [-0.2, 0) is 4.79 Å². The van der Waals surface area contributed by atoms with Crippen LogP contribution in [-0.4, -0.2) is 66.8 Å². The van der Waals surface area contributed by atoms with Gasteiger partial charge < -0.3 is 29.7 Å². The molecule has 3 heterocycles. The summed E-state index contributed by atoms with van der Waals surface area (Å²) in [5, 5.41) is 1.65. The molecule has 0 radical (unpaired) electrons. The van der Waals surface area contributed by atoms with Crippen molar-refractivity contribution in [3.8, 4) is 17.2 Å². The van der Waals surface area contributed by atoms with E-state index in [4.69, 9.17) is 24.9 Å². The minimum atomic E-state index is -0.639. The van der Waals surface area contributed by atoms with Gasteiger partial charge in [-0.1, -0.05) is 12.1 Å². The van der Waals surface area contributed by atoms with E-state index in [-0.39, 0.29) is 12.5 Å². The van der Waals surface area contributed by atoms with Gasteiger partial charge in [0.2, 0.25) is 12.1 Å². The van der Waals surface area contributed by atoms with E-state index >= 15 is 0 Å². The molecule has 2 aliphatic heterocycles. The van der Waals surface area contributed by atoms with Gasteiger partial charge in [-0.25, -0.2) is 4.98 Å². The van der Waals surface area contributed by atoms with Crippen LogP contribution < -0.4 is 30.1 Å². The van der Waals surface area contributed by atoms with Gasteiger partial charge in [-0.2, -0.15) is 4.98 Å². The summed E-state index contributed by atoms with van der Waals surface area (Å²) in [4.78, 5) is 26.0. The molecule has 1 aromatic heterocycles. The van der Waals surface area contributed by atoms with E-state index in [9.17, 15) is 4.79 Å². The summed E-state index contributed by atoms with van der Waals surface area (Å²) in [7, 11) is 4.26. The van der Waals surface area contributed by atoms with Crippen LogP contribution in [0.3, 0.4) is 0 Å². The number of hydrogen-bond donors (Lipinski definition) is 1. The monoisotopic (exact) mass is 453 g/mol. The Hall–Kier alpha value is -3.32. The van der Waals surface area contributed by atoms with E-state index in [1.807, 2.05) is 41.3 Å². The molecule has 0 bridgehead atoms. The molecule has 0 saturated carbocycles. The number of nitrogens with zero attached hydrogens (tertiary/aromatic N) is 4. The third-order valence-corrected chi connectivity index (χ3v) is 6.17.